The third kappa shape index (κ3) is 5.16. The van der Waals surface area contributed by atoms with Crippen LogP contribution in [0, 0.1) is 0 Å². The van der Waals surface area contributed by atoms with Gasteiger partial charge in [0.15, 0.2) is 0 Å². The fourth-order valence-electron chi connectivity index (χ4n) is 0.955. The Kier molecular flexibility index (Phi) is 7.09. The molecule has 0 bridgehead atoms. The first kappa shape index (κ1) is 12.8. The van der Waals surface area contributed by atoms with Crippen LogP contribution >= 0.6 is 11.8 Å². The van der Waals surface area contributed by atoms with E-state index in [2.05, 4.69) is 18.5 Å². The summed E-state index contributed by atoms with van der Waals surface area (Å²) >= 11 is 1.77. The van der Waals surface area contributed by atoms with Crippen molar-refractivity contribution in [2.24, 2.45) is 0 Å². The third-order valence-electron chi connectivity index (χ3n) is 1.99. The van der Waals surface area contributed by atoms with Crippen LogP contribution in [0.3, 0.4) is 0 Å². The quantitative estimate of drug-likeness (QED) is 0.695. The Labute approximate surface area is 85.3 Å². The van der Waals surface area contributed by atoms with Crippen molar-refractivity contribution in [2.75, 3.05) is 32.1 Å². The normalized spacial score (nSPS) is 12.6. The molecule has 0 saturated heterocycles. The van der Waals surface area contributed by atoms with Gasteiger partial charge < -0.3 is 10.2 Å². The highest BCUT2D eigenvalue weighted by molar-refractivity contribution is 7.98. The van der Waals surface area contributed by atoms with E-state index < -0.39 is 0 Å². The molecule has 0 aromatic carbocycles. The lowest BCUT2D eigenvalue weighted by Gasteiger charge is -2.24. The molecule has 0 aromatic heterocycles. The second kappa shape index (κ2) is 7.21. The minimum atomic E-state index is 0.170. The average Bonchev–Trinajstić information content (AvgIpc) is 2.13. The summed E-state index contributed by atoms with van der Waals surface area (Å²) in [5, 5.41) is 3.03. The van der Waals surface area contributed by atoms with E-state index in [0.717, 1.165) is 12.3 Å². The molecule has 3 nitrogen and oxygen atoms in total. The van der Waals surface area contributed by atoms with Crippen molar-refractivity contribution < 1.29 is 4.79 Å². The van der Waals surface area contributed by atoms with Gasteiger partial charge >= 0.3 is 0 Å². The zero-order valence-electron chi connectivity index (χ0n) is 8.96. The Hall–Kier alpha value is -0.220. The smallest absolute Gasteiger partial charge is 0.236 e. The van der Waals surface area contributed by atoms with Crippen LogP contribution in [-0.2, 0) is 4.79 Å². The summed E-state index contributed by atoms with van der Waals surface area (Å²) in [5.41, 5.74) is 0. The van der Waals surface area contributed by atoms with Gasteiger partial charge in [-0.05, 0) is 19.7 Å². The second-order valence-electron chi connectivity index (χ2n) is 3.09. The molecule has 4 heteroatoms. The molecule has 0 aliphatic rings. The lowest BCUT2D eigenvalue weighted by Crippen LogP contribution is -2.41. The number of carbonyl (C=O) groups is 1. The van der Waals surface area contributed by atoms with Gasteiger partial charge in [-0.2, -0.15) is 11.8 Å². The maximum absolute atomic E-state index is 11.5. The van der Waals surface area contributed by atoms with E-state index in [9.17, 15) is 4.79 Å². The molecule has 0 aliphatic heterocycles. The average molecular weight is 204 g/mol. The molecule has 0 radical (unpaired) electrons. The number of likely N-dealkylation sites (N-methyl/N-ethyl adjacent to an activating group) is 2. The zero-order chi connectivity index (χ0) is 10.3. The third-order valence-corrected chi connectivity index (χ3v) is 2.80. The number of rotatable bonds is 6. The van der Waals surface area contributed by atoms with Gasteiger partial charge in [0.1, 0.15) is 0 Å². The Balaban J connectivity index is 3.79. The van der Waals surface area contributed by atoms with E-state index in [4.69, 9.17) is 0 Å². The van der Waals surface area contributed by atoms with Gasteiger partial charge in [-0.3, -0.25) is 4.79 Å². The predicted octanol–water partition coefficient (Wildman–Crippen LogP) is 0.806. The molecule has 13 heavy (non-hydrogen) atoms. The molecule has 0 spiro atoms. The van der Waals surface area contributed by atoms with Crippen molar-refractivity contribution in [3.8, 4) is 0 Å². The van der Waals surface area contributed by atoms with Crippen molar-refractivity contribution in [1.82, 2.24) is 10.2 Å². The van der Waals surface area contributed by atoms with Crippen LogP contribution in [0.25, 0.3) is 0 Å². The predicted molar refractivity (Wildman–Crippen MR) is 59.2 cm³/mol. The van der Waals surface area contributed by atoms with Crippen LogP contribution in [0.15, 0.2) is 0 Å². The summed E-state index contributed by atoms with van der Waals surface area (Å²) in [7, 11) is 1.86. The van der Waals surface area contributed by atoms with Gasteiger partial charge in [0.05, 0.1) is 6.54 Å². The van der Waals surface area contributed by atoms with Crippen LogP contribution in [0.1, 0.15) is 13.8 Å². The molecule has 1 amide bonds. The van der Waals surface area contributed by atoms with E-state index >= 15 is 0 Å². The van der Waals surface area contributed by atoms with Crippen molar-refractivity contribution >= 4 is 17.7 Å². The van der Waals surface area contributed by atoms with Gasteiger partial charge in [0.25, 0.3) is 0 Å². The van der Waals surface area contributed by atoms with Crippen molar-refractivity contribution in [3.63, 3.8) is 0 Å². The molecule has 1 atom stereocenters. The lowest BCUT2D eigenvalue weighted by molar-refractivity contribution is -0.130. The van der Waals surface area contributed by atoms with E-state index in [1.54, 1.807) is 16.7 Å². The standard InChI is InChI=1S/C9H20N2OS/c1-5-10-6-9(12)11(3)8(2)7-13-4/h8,10H,5-7H2,1-4H3. The van der Waals surface area contributed by atoms with Crippen molar-refractivity contribution in [2.45, 2.75) is 19.9 Å². The van der Waals surface area contributed by atoms with Crippen LogP contribution in [-0.4, -0.2) is 49.0 Å². The number of nitrogens with zero attached hydrogens (tertiary/aromatic N) is 1. The molecule has 0 rings (SSSR count). The van der Waals surface area contributed by atoms with Gasteiger partial charge in [0, 0.05) is 18.8 Å². The number of carbonyl (C=O) groups excluding carboxylic acids is 1. The minimum absolute atomic E-state index is 0.170. The van der Waals surface area contributed by atoms with Crippen molar-refractivity contribution in [3.05, 3.63) is 0 Å². The van der Waals surface area contributed by atoms with E-state index in [1.165, 1.54) is 0 Å². The summed E-state index contributed by atoms with van der Waals surface area (Å²) < 4.78 is 0. The lowest BCUT2D eigenvalue weighted by atomic mass is 10.3. The Morgan fingerprint density at radius 3 is 2.69 bits per heavy atom. The maximum Gasteiger partial charge on any atom is 0.236 e. The highest BCUT2D eigenvalue weighted by atomic mass is 32.2. The largest absolute Gasteiger partial charge is 0.341 e. The van der Waals surface area contributed by atoms with Crippen LogP contribution in [0.4, 0.5) is 0 Å². The summed E-state index contributed by atoms with van der Waals surface area (Å²) in [4.78, 5) is 13.3. The fourth-order valence-corrected chi connectivity index (χ4v) is 1.66. The molecular formula is C9H20N2OS. The van der Waals surface area contributed by atoms with Gasteiger partial charge in [-0.1, -0.05) is 6.92 Å². The zero-order valence-corrected chi connectivity index (χ0v) is 9.78. The van der Waals surface area contributed by atoms with E-state index in [1.807, 2.05) is 14.0 Å². The van der Waals surface area contributed by atoms with Gasteiger partial charge in [-0.15, -0.1) is 0 Å². The molecule has 0 saturated carbocycles. The summed E-state index contributed by atoms with van der Waals surface area (Å²) in [6.07, 6.45) is 2.05. The summed E-state index contributed by atoms with van der Waals surface area (Å²) in [6.45, 7) is 5.36. The second-order valence-corrected chi connectivity index (χ2v) is 4.00. The molecule has 0 fully saturated rings. The topological polar surface area (TPSA) is 32.3 Å². The number of hydrogen-bond donors (Lipinski definition) is 1. The fraction of sp³-hybridized carbons (Fsp3) is 0.889. The number of nitrogens with one attached hydrogen (secondary N) is 1. The summed E-state index contributed by atoms with van der Waals surface area (Å²) in [6, 6.07) is 0.321. The minimum Gasteiger partial charge on any atom is -0.341 e. The monoisotopic (exact) mass is 204 g/mol. The molecule has 0 heterocycles. The first-order chi connectivity index (χ1) is 6.13. The number of amides is 1. The van der Waals surface area contributed by atoms with E-state index in [0.29, 0.717) is 12.6 Å². The molecule has 1 unspecified atom stereocenters. The highest BCUT2D eigenvalue weighted by Crippen LogP contribution is 2.03. The van der Waals surface area contributed by atoms with Crippen LogP contribution < -0.4 is 5.32 Å². The maximum atomic E-state index is 11.5. The molecule has 0 aromatic rings. The van der Waals surface area contributed by atoms with Crippen molar-refractivity contribution in [1.29, 1.82) is 0 Å². The Morgan fingerprint density at radius 2 is 2.23 bits per heavy atom. The van der Waals surface area contributed by atoms with E-state index in [-0.39, 0.29) is 5.91 Å². The van der Waals surface area contributed by atoms with Gasteiger partial charge in [0.2, 0.25) is 5.91 Å². The summed E-state index contributed by atoms with van der Waals surface area (Å²) in [5.74, 6) is 1.16. The number of hydrogen-bond acceptors (Lipinski definition) is 3. The number of thioether (sulfide) groups is 1. The highest BCUT2D eigenvalue weighted by Gasteiger charge is 2.13. The Morgan fingerprint density at radius 1 is 1.62 bits per heavy atom. The van der Waals surface area contributed by atoms with Gasteiger partial charge in [-0.25, -0.2) is 0 Å². The molecule has 78 valence electrons. The molecule has 0 aliphatic carbocycles. The molecule has 1 N–H and O–H groups in total. The first-order valence-electron chi connectivity index (χ1n) is 4.58. The first-order valence-corrected chi connectivity index (χ1v) is 5.98. The molecular weight excluding hydrogens is 184 g/mol. The van der Waals surface area contributed by atoms with Crippen LogP contribution in [0.5, 0.6) is 0 Å². The van der Waals surface area contributed by atoms with Crippen LogP contribution in [0.2, 0.25) is 0 Å². The Bertz CT molecular complexity index is 153. The SMILES string of the molecule is CCNCC(=O)N(C)C(C)CSC.